The molecule has 0 radical (unpaired) electrons. The Morgan fingerprint density at radius 1 is 1.28 bits per heavy atom. The fourth-order valence-electron chi connectivity index (χ4n) is 1.79. The molecule has 0 bridgehead atoms. The summed E-state index contributed by atoms with van der Waals surface area (Å²) in [5.41, 5.74) is 0.352. The van der Waals surface area contributed by atoms with Gasteiger partial charge < -0.3 is 15.3 Å². The van der Waals surface area contributed by atoms with Crippen LogP contribution in [0.2, 0.25) is 0 Å². The van der Waals surface area contributed by atoms with Crippen molar-refractivity contribution < 1.29 is 13.2 Å². The van der Waals surface area contributed by atoms with Crippen molar-refractivity contribution in [3.05, 3.63) is 32.7 Å². The molecule has 0 saturated heterocycles. The number of rotatable bonds is 2. The van der Waals surface area contributed by atoms with Crippen LogP contribution in [-0.4, -0.2) is 23.2 Å². The Morgan fingerprint density at radius 2 is 1.83 bits per heavy atom. The SMILES string of the molecule is CNC(c1cc2[nH]c(=O)[nH]c2cc1Br)C(F)(F)F. The summed E-state index contributed by atoms with van der Waals surface area (Å²) in [5, 5.41) is 2.21. The van der Waals surface area contributed by atoms with E-state index >= 15 is 0 Å². The minimum absolute atomic E-state index is 0.0211. The summed E-state index contributed by atoms with van der Waals surface area (Å²) in [4.78, 5) is 16.0. The molecule has 2 rings (SSSR count). The van der Waals surface area contributed by atoms with Gasteiger partial charge in [-0.1, -0.05) is 15.9 Å². The number of halogens is 4. The minimum atomic E-state index is -4.42. The molecule has 2 aromatic rings. The summed E-state index contributed by atoms with van der Waals surface area (Å²) in [7, 11) is 1.23. The lowest BCUT2D eigenvalue weighted by Crippen LogP contribution is -2.31. The zero-order valence-electron chi connectivity index (χ0n) is 9.15. The van der Waals surface area contributed by atoms with Crippen LogP contribution in [0.4, 0.5) is 13.2 Å². The van der Waals surface area contributed by atoms with Crippen molar-refractivity contribution in [3.63, 3.8) is 0 Å². The molecule has 8 heteroatoms. The Morgan fingerprint density at radius 3 is 2.33 bits per heavy atom. The van der Waals surface area contributed by atoms with Gasteiger partial charge in [-0.2, -0.15) is 13.2 Å². The second-order valence-electron chi connectivity index (χ2n) is 3.76. The number of alkyl halides is 3. The van der Waals surface area contributed by atoms with E-state index in [-0.39, 0.29) is 10.0 Å². The summed E-state index contributed by atoms with van der Waals surface area (Å²) < 4.78 is 38.8. The summed E-state index contributed by atoms with van der Waals surface area (Å²) in [5.74, 6) is 0. The first-order chi connectivity index (χ1) is 8.32. The Hall–Kier alpha value is -1.28. The number of fused-ring (bicyclic) bond motifs is 1. The fraction of sp³-hybridized carbons (Fsp3) is 0.300. The Labute approximate surface area is 108 Å². The van der Waals surface area contributed by atoms with Gasteiger partial charge in [0.2, 0.25) is 0 Å². The molecule has 4 nitrogen and oxygen atoms in total. The molecule has 0 aliphatic carbocycles. The maximum atomic E-state index is 12.8. The molecule has 98 valence electrons. The molecule has 1 aromatic carbocycles. The molecule has 0 aliphatic rings. The lowest BCUT2D eigenvalue weighted by Gasteiger charge is -2.21. The normalized spacial score (nSPS) is 14.1. The summed E-state index contributed by atoms with van der Waals surface area (Å²) in [6.07, 6.45) is -4.42. The molecular weight excluding hydrogens is 315 g/mol. The fourth-order valence-corrected chi connectivity index (χ4v) is 2.36. The predicted molar refractivity (Wildman–Crippen MR) is 64.5 cm³/mol. The van der Waals surface area contributed by atoms with Crippen LogP contribution in [0.15, 0.2) is 21.4 Å². The highest BCUT2D eigenvalue weighted by molar-refractivity contribution is 9.10. The van der Waals surface area contributed by atoms with Gasteiger partial charge in [0, 0.05) is 4.47 Å². The first kappa shape index (κ1) is 13.2. The highest BCUT2D eigenvalue weighted by atomic mass is 79.9. The molecule has 0 saturated carbocycles. The van der Waals surface area contributed by atoms with Crippen molar-refractivity contribution in [3.8, 4) is 0 Å². The summed E-state index contributed by atoms with van der Waals surface area (Å²) in [6.45, 7) is 0. The number of H-pyrrole nitrogens is 2. The van der Waals surface area contributed by atoms with Gasteiger partial charge in [0.15, 0.2) is 0 Å². The number of aromatic nitrogens is 2. The number of aromatic amines is 2. The maximum absolute atomic E-state index is 12.8. The number of benzene rings is 1. The molecule has 1 heterocycles. The third-order valence-electron chi connectivity index (χ3n) is 2.56. The van der Waals surface area contributed by atoms with E-state index < -0.39 is 17.9 Å². The molecule has 0 amide bonds. The van der Waals surface area contributed by atoms with Gasteiger partial charge >= 0.3 is 11.9 Å². The van der Waals surface area contributed by atoms with E-state index in [9.17, 15) is 18.0 Å². The first-order valence-electron chi connectivity index (χ1n) is 4.98. The first-order valence-corrected chi connectivity index (χ1v) is 5.77. The van der Waals surface area contributed by atoms with E-state index in [0.29, 0.717) is 11.0 Å². The molecule has 0 aliphatic heterocycles. The lowest BCUT2D eigenvalue weighted by atomic mass is 10.1. The van der Waals surface area contributed by atoms with Crippen molar-refractivity contribution >= 4 is 27.0 Å². The van der Waals surface area contributed by atoms with Gasteiger partial charge in [-0.05, 0) is 24.7 Å². The quantitative estimate of drug-likeness (QED) is 0.795. The van der Waals surface area contributed by atoms with Gasteiger partial charge in [-0.3, -0.25) is 0 Å². The molecule has 0 spiro atoms. The van der Waals surface area contributed by atoms with Crippen LogP contribution in [-0.2, 0) is 0 Å². The Bertz CT molecular complexity index is 631. The van der Waals surface area contributed by atoms with Gasteiger partial charge in [-0.15, -0.1) is 0 Å². The van der Waals surface area contributed by atoms with E-state index in [2.05, 4.69) is 31.2 Å². The van der Waals surface area contributed by atoms with E-state index in [1.807, 2.05) is 0 Å². The maximum Gasteiger partial charge on any atom is 0.407 e. The molecule has 3 N–H and O–H groups in total. The average molecular weight is 324 g/mol. The molecule has 18 heavy (non-hydrogen) atoms. The number of hydrogen-bond donors (Lipinski definition) is 3. The summed E-state index contributed by atoms with van der Waals surface area (Å²) in [6, 6.07) is 0.944. The molecule has 1 unspecified atom stereocenters. The van der Waals surface area contributed by atoms with Crippen LogP contribution < -0.4 is 11.0 Å². The van der Waals surface area contributed by atoms with E-state index in [4.69, 9.17) is 0 Å². The number of hydrogen-bond acceptors (Lipinski definition) is 2. The third-order valence-corrected chi connectivity index (χ3v) is 3.25. The second kappa shape index (κ2) is 4.43. The van der Waals surface area contributed by atoms with Gasteiger partial charge in [0.05, 0.1) is 11.0 Å². The zero-order chi connectivity index (χ0) is 13.5. The van der Waals surface area contributed by atoms with Gasteiger partial charge in [-0.25, -0.2) is 4.79 Å². The predicted octanol–water partition coefficient (Wildman–Crippen LogP) is 2.44. The summed E-state index contributed by atoms with van der Waals surface area (Å²) >= 11 is 3.08. The molecular formula is C10H9BrF3N3O. The van der Waals surface area contributed by atoms with E-state index in [0.717, 1.165) is 0 Å². The lowest BCUT2D eigenvalue weighted by molar-refractivity contribution is -0.156. The van der Waals surface area contributed by atoms with E-state index in [1.54, 1.807) is 0 Å². The highest BCUT2D eigenvalue weighted by Crippen LogP contribution is 2.37. The number of imidazole rings is 1. The van der Waals surface area contributed by atoms with E-state index in [1.165, 1.54) is 19.2 Å². The van der Waals surface area contributed by atoms with Crippen LogP contribution in [0, 0.1) is 0 Å². The largest absolute Gasteiger partial charge is 0.407 e. The molecule has 1 aromatic heterocycles. The monoisotopic (exact) mass is 323 g/mol. The molecule has 0 fully saturated rings. The Balaban J connectivity index is 2.62. The van der Waals surface area contributed by atoms with Crippen LogP contribution in [0.25, 0.3) is 11.0 Å². The third kappa shape index (κ3) is 2.30. The topological polar surface area (TPSA) is 60.7 Å². The number of nitrogens with one attached hydrogen (secondary N) is 3. The Kier molecular flexibility index (Phi) is 3.24. The standard InChI is InChI=1S/C10H9BrF3N3O/c1-15-8(10(12,13)14)4-2-6-7(3-5(4)11)17-9(18)16-6/h2-3,8,15H,1H3,(H2,16,17,18). The smallest absolute Gasteiger partial charge is 0.306 e. The van der Waals surface area contributed by atoms with Gasteiger partial charge in [0.1, 0.15) is 6.04 Å². The van der Waals surface area contributed by atoms with Crippen molar-refractivity contribution in [2.24, 2.45) is 0 Å². The van der Waals surface area contributed by atoms with Crippen molar-refractivity contribution in [1.82, 2.24) is 15.3 Å². The van der Waals surface area contributed by atoms with Crippen molar-refractivity contribution in [2.75, 3.05) is 7.05 Å². The molecule has 1 atom stereocenters. The second-order valence-corrected chi connectivity index (χ2v) is 4.62. The van der Waals surface area contributed by atoms with Gasteiger partial charge in [0.25, 0.3) is 0 Å². The van der Waals surface area contributed by atoms with Crippen LogP contribution in [0.5, 0.6) is 0 Å². The minimum Gasteiger partial charge on any atom is -0.306 e. The van der Waals surface area contributed by atoms with Crippen molar-refractivity contribution in [1.29, 1.82) is 0 Å². The van der Waals surface area contributed by atoms with Crippen molar-refractivity contribution in [2.45, 2.75) is 12.2 Å². The van der Waals surface area contributed by atoms with Crippen LogP contribution >= 0.6 is 15.9 Å². The van der Waals surface area contributed by atoms with Crippen LogP contribution in [0.3, 0.4) is 0 Å². The highest BCUT2D eigenvalue weighted by Gasteiger charge is 2.40. The average Bonchev–Trinajstić information content (AvgIpc) is 2.56. The van der Waals surface area contributed by atoms with Crippen LogP contribution in [0.1, 0.15) is 11.6 Å². The zero-order valence-corrected chi connectivity index (χ0v) is 10.7.